The summed E-state index contributed by atoms with van der Waals surface area (Å²) in [6.45, 7) is 0.769. The maximum atomic E-state index is 13.3. The van der Waals surface area contributed by atoms with Crippen LogP contribution in [0.5, 0.6) is 11.5 Å². The first-order valence-electron chi connectivity index (χ1n) is 8.70. The predicted octanol–water partition coefficient (Wildman–Crippen LogP) is 2.00. The van der Waals surface area contributed by atoms with Crippen LogP contribution in [0.1, 0.15) is 10.8 Å². The molecule has 1 heterocycles. The molecule has 0 saturated heterocycles. The van der Waals surface area contributed by atoms with E-state index in [2.05, 4.69) is 0 Å². The van der Waals surface area contributed by atoms with Gasteiger partial charge in [-0.2, -0.15) is 10.6 Å². The minimum atomic E-state index is -3.90. The molecule has 0 spiro atoms. The van der Waals surface area contributed by atoms with Crippen molar-refractivity contribution >= 4 is 20.4 Å². The Kier molecular flexibility index (Phi) is 6.18. The molecule has 154 valence electrons. The van der Waals surface area contributed by atoms with Gasteiger partial charge in [-0.15, -0.1) is 0 Å². The summed E-state index contributed by atoms with van der Waals surface area (Å²) >= 11 is 0. The van der Waals surface area contributed by atoms with Gasteiger partial charge in [0.05, 0.1) is 10.6 Å². The van der Waals surface area contributed by atoms with E-state index in [9.17, 15) is 17.5 Å². The van der Waals surface area contributed by atoms with Crippen LogP contribution in [0, 0.1) is 0 Å². The molecular formula is C18H24N2O6S2. The second kappa shape index (κ2) is 8.27. The fourth-order valence-corrected chi connectivity index (χ4v) is 7.75. The van der Waals surface area contributed by atoms with Crippen LogP contribution in [0.3, 0.4) is 0 Å². The maximum absolute atomic E-state index is 13.3. The van der Waals surface area contributed by atoms with E-state index in [0.717, 1.165) is 0 Å². The van der Waals surface area contributed by atoms with E-state index in [1.54, 1.807) is 24.3 Å². The molecule has 0 radical (unpaired) electrons. The highest BCUT2D eigenvalue weighted by molar-refractivity contribution is 8.25. The molecule has 0 amide bonds. The maximum Gasteiger partial charge on any atom is 0.187 e. The molecule has 0 fully saturated rings. The quantitative estimate of drug-likeness (QED) is 0.499. The Morgan fingerprint density at radius 1 is 0.964 bits per heavy atom. The zero-order valence-electron chi connectivity index (χ0n) is 15.2. The third kappa shape index (κ3) is 3.84. The zero-order valence-corrected chi connectivity index (χ0v) is 16.8. The molecule has 0 aliphatic carbocycles. The molecule has 2 aromatic carbocycles. The summed E-state index contributed by atoms with van der Waals surface area (Å²) in [6, 6.07) is 11.0. The highest BCUT2D eigenvalue weighted by Crippen LogP contribution is 2.66. The Labute approximate surface area is 165 Å². The van der Waals surface area contributed by atoms with Crippen LogP contribution in [-0.2, 0) is 9.84 Å². The molecule has 8 nitrogen and oxygen atoms in total. The fraction of sp³-hybridized carbons (Fsp3) is 0.333. The lowest BCUT2D eigenvalue weighted by molar-refractivity contribution is 0.308. The number of benzene rings is 2. The SMILES string of the molecule is NCCOc1ccc(OCCN)c2c1C(S(=O)(=O)c1ccccc1)CS2(O)O. The molecular weight excluding hydrogens is 404 g/mol. The van der Waals surface area contributed by atoms with Gasteiger partial charge in [0.2, 0.25) is 0 Å². The molecule has 0 saturated carbocycles. The Morgan fingerprint density at radius 3 is 2.14 bits per heavy atom. The number of sulfone groups is 1. The molecule has 3 rings (SSSR count). The first-order chi connectivity index (χ1) is 13.3. The standard InChI is InChI=1S/C18H24N2O6S2/c19-8-10-25-14-6-7-15(26-11-9-20)18-17(14)16(12-27(18,21)22)28(23,24)13-4-2-1-3-5-13/h1-7,16,21-22H,8-12,19-20H2. The average Bonchev–Trinajstić information content (AvgIpc) is 2.99. The van der Waals surface area contributed by atoms with Gasteiger partial charge in [0.25, 0.3) is 0 Å². The number of nitrogens with two attached hydrogens (primary N) is 2. The van der Waals surface area contributed by atoms with Crippen molar-refractivity contribution in [3.8, 4) is 11.5 Å². The van der Waals surface area contributed by atoms with E-state index in [1.807, 2.05) is 0 Å². The molecule has 1 unspecified atom stereocenters. The van der Waals surface area contributed by atoms with Crippen LogP contribution in [0.25, 0.3) is 0 Å². The number of hydrogen-bond donors (Lipinski definition) is 4. The third-order valence-electron chi connectivity index (χ3n) is 4.35. The lowest BCUT2D eigenvalue weighted by Crippen LogP contribution is -2.17. The molecule has 1 atom stereocenters. The van der Waals surface area contributed by atoms with Crippen molar-refractivity contribution in [2.24, 2.45) is 11.5 Å². The lowest BCUT2D eigenvalue weighted by atomic mass is 10.1. The van der Waals surface area contributed by atoms with Gasteiger partial charge < -0.3 is 20.9 Å². The van der Waals surface area contributed by atoms with Crippen LogP contribution >= 0.6 is 10.6 Å². The largest absolute Gasteiger partial charge is 0.492 e. The summed E-state index contributed by atoms with van der Waals surface area (Å²) in [5.74, 6) is 0.0931. The van der Waals surface area contributed by atoms with Crippen LogP contribution in [0.2, 0.25) is 0 Å². The van der Waals surface area contributed by atoms with Gasteiger partial charge >= 0.3 is 0 Å². The van der Waals surface area contributed by atoms with Crippen LogP contribution in [-0.4, -0.2) is 49.6 Å². The summed E-state index contributed by atoms with van der Waals surface area (Å²) in [4.78, 5) is 0.168. The van der Waals surface area contributed by atoms with E-state index >= 15 is 0 Å². The minimum Gasteiger partial charge on any atom is -0.492 e. The molecule has 1 aliphatic rings. The second-order valence-electron chi connectivity index (χ2n) is 6.26. The van der Waals surface area contributed by atoms with Crippen molar-refractivity contribution in [3.63, 3.8) is 0 Å². The average molecular weight is 429 g/mol. The Bertz CT molecular complexity index is 935. The summed E-state index contributed by atoms with van der Waals surface area (Å²) in [5.41, 5.74) is 11.2. The first kappa shape index (κ1) is 20.9. The van der Waals surface area contributed by atoms with Gasteiger partial charge in [0, 0.05) is 18.7 Å². The van der Waals surface area contributed by atoms with Gasteiger partial charge in [-0.25, -0.2) is 8.42 Å². The molecule has 0 aromatic heterocycles. The minimum absolute atomic E-state index is 0.0694. The summed E-state index contributed by atoms with van der Waals surface area (Å²) in [6.07, 6.45) is 0. The van der Waals surface area contributed by atoms with Gasteiger partial charge in [0.1, 0.15) is 34.9 Å². The molecule has 6 N–H and O–H groups in total. The van der Waals surface area contributed by atoms with Crippen molar-refractivity contribution < 1.29 is 27.0 Å². The van der Waals surface area contributed by atoms with E-state index in [-0.39, 0.29) is 58.9 Å². The second-order valence-corrected chi connectivity index (χ2v) is 10.5. The van der Waals surface area contributed by atoms with Gasteiger partial charge in [-0.05, 0) is 24.3 Å². The molecule has 28 heavy (non-hydrogen) atoms. The highest BCUT2D eigenvalue weighted by atomic mass is 32.3. The molecule has 10 heteroatoms. The highest BCUT2D eigenvalue weighted by Gasteiger charge is 2.47. The molecule has 1 aliphatic heterocycles. The van der Waals surface area contributed by atoms with Crippen LogP contribution < -0.4 is 20.9 Å². The van der Waals surface area contributed by atoms with Crippen molar-refractivity contribution in [3.05, 3.63) is 48.0 Å². The van der Waals surface area contributed by atoms with Gasteiger partial charge in [0.15, 0.2) is 9.84 Å². The van der Waals surface area contributed by atoms with Crippen molar-refractivity contribution in [2.45, 2.75) is 15.0 Å². The van der Waals surface area contributed by atoms with E-state index in [4.69, 9.17) is 20.9 Å². The van der Waals surface area contributed by atoms with E-state index in [1.165, 1.54) is 18.2 Å². The molecule has 0 bridgehead atoms. The van der Waals surface area contributed by atoms with Crippen LogP contribution in [0.4, 0.5) is 0 Å². The van der Waals surface area contributed by atoms with Crippen molar-refractivity contribution in [1.82, 2.24) is 0 Å². The zero-order chi connectivity index (χ0) is 20.4. The van der Waals surface area contributed by atoms with Gasteiger partial charge in [-0.3, -0.25) is 9.11 Å². The smallest absolute Gasteiger partial charge is 0.187 e. The molecule has 2 aromatic rings. The topological polar surface area (TPSA) is 145 Å². The third-order valence-corrected chi connectivity index (χ3v) is 8.51. The Hall–Kier alpha value is -1.82. The van der Waals surface area contributed by atoms with Crippen LogP contribution in [0.15, 0.2) is 52.3 Å². The number of ether oxygens (including phenoxy) is 2. The summed E-state index contributed by atoms with van der Waals surface area (Å²) < 4.78 is 59.2. The Morgan fingerprint density at radius 2 is 1.54 bits per heavy atom. The number of rotatable bonds is 8. The predicted molar refractivity (Wildman–Crippen MR) is 108 cm³/mol. The van der Waals surface area contributed by atoms with E-state index < -0.39 is 25.7 Å². The van der Waals surface area contributed by atoms with Crippen molar-refractivity contribution in [1.29, 1.82) is 0 Å². The van der Waals surface area contributed by atoms with E-state index in [0.29, 0.717) is 0 Å². The van der Waals surface area contributed by atoms with Crippen molar-refractivity contribution in [2.75, 3.05) is 32.1 Å². The summed E-state index contributed by atoms with van der Waals surface area (Å²) in [7, 11) is -7.31. The first-order valence-corrected chi connectivity index (χ1v) is 12.0. The number of hydrogen-bond acceptors (Lipinski definition) is 8. The monoisotopic (exact) mass is 428 g/mol. The lowest BCUT2D eigenvalue weighted by Gasteiger charge is -2.29. The number of fused-ring (bicyclic) bond motifs is 1. The fourth-order valence-electron chi connectivity index (χ4n) is 3.18. The normalized spacial score (nSPS) is 19.1. The van der Waals surface area contributed by atoms with Gasteiger partial charge in [-0.1, -0.05) is 18.2 Å². The summed E-state index contributed by atoms with van der Waals surface area (Å²) in [5, 5.41) is -1.18. The Balaban J connectivity index is 2.18.